The van der Waals surface area contributed by atoms with Crippen molar-refractivity contribution in [3.05, 3.63) is 23.8 Å². The number of nitrogens with zero attached hydrogens (tertiary/aromatic N) is 2. The summed E-state index contributed by atoms with van der Waals surface area (Å²) in [4.78, 5) is 30.0. The summed E-state index contributed by atoms with van der Waals surface area (Å²) in [7, 11) is 0. The molecule has 9 nitrogen and oxygen atoms in total. The molecule has 1 aromatic rings. The van der Waals surface area contributed by atoms with E-state index in [4.69, 9.17) is 9.47 Å². The summed E-state index contributed by atoms with van der Waals surface area (Å²) in [6.45, 7) is 9.54. The Morgan fingerprint density at radius 1 is 1.14 bits per heavy atom. The highest BCUT2D eigenvalue weighted by Gasteiger charge is 2.65. The number of nitrogens with one attached hydrogen (secondary N) is 1. The number of piperazine rings is 1. The molecule has 2 saturated carbocycles. The van der Waals surface area contributed by atoms with E-state index < -0.39 is 18.8 Å². The first-order valence-corrected chi connectivity index (χ1v) is 13.1. The van der Waals surface area contributed by atoms with Gasteiger partial charge in [-0.2, -0.15) is 0 Å². The molecule has 4 unspecified atom stereocenters. The van der Waals surface area contributed by atoms with Crippen LogP contribution in [0.2, 0.25) is 0 Å². The maximum absolute atomic E-state index is 13.1. The first kappa shape index (κ1) is 25.3. The molecule has 2 aliphatic heterocycles. The van der Waals surface area contributed by atoms with E-state index in [0.717, 1.165) is 36.4 Å². The number of carbonyl (C=O) groups is 2. The summed E-state index contributed by atoms with van der Waals surface area (Å²) < 4.78 is 10.8. The molecule has 2 amide bonds. The molecule has 5 atom stereocenters. The average Bonchev–Trinajstić information content (AvgIpc) is 3.45. The number of benzene rings is 1. The summed E-state index contributed by atoms with van der Waals surface area (Å²) in [6.07, 6.45) is 1.63. The Kier molecular flexibility index (Phi) is 6.68. The molecule has 0 radical (unpaired) electrons. The predicted octanol–water partition coefficient (Wildman–Crippen LogP) is 1.36. The maximum atomic E-state index is 13.1. The van der Waals surface area contributed by atoms with Crippen molar-refractivity contribution in [2.45, 2.75) is 58.7 Å². The number of fused-ring (bicyclic) bond motifs is 3. The number of aliphatic hydroxyl groups excluding tert-OH is 2. The van der Waals surface area contributed by atoms with Gasteiger partial charge in [0.05, 0.1) is 12.7 Å². The van der Waals surface area contributed by atoms with Gasteiger partial charge in [0.1, 0.15) is 6.04 Å². The van der Waals surface area contributed by atoms with E-state index in [-0.39, 0.29) is 47.7 Å². The standard InChI is InChI=1S/C27H39N3O6/c1-26(2)19-6-7-27(26,3)24(33)18(19)13-23(32)28-20(15-31)25(34)30-10-8-29(9-11-30)14-17-4-5-21-22(12-17)36-16-35-21/h4-5,12,18-20,24,31,33H,6-11,13-16H2,1-3H3,(H,28,32)/t18?,19?,20-,24?,27?/m0/s1. The van der Waals surface area contributed by atoms with Crippen molar-refractivity contribution in [1.29, 1.82) is 0 Å². The van der Waals surface area contributed by atoms with Crippen LogP contribution in [0.4, 0.5) is 0 Å². The van der Waals surface area contributed by atoms with Crippen molar-refractivity contribution in [2.75, 3.05) is 39.6 Å². The average molecular weight is 502 g/mol. The third kappa shape index (κ3) is 4.25. The molecule has 4 aliphatic rings. The van der Waals surface area contributed by atoms with Gasteiger partial charge < -0.3 is 29.9 Å². The third-order valence-corrected chi connectivity index (χ3v) is 9.71. The lowest BCUT2D eigenvalue weighted by Crippen LogP contribution is -2.56. The Morgan fingerprint density at radius 2 is 1.86 bits per heavy atom. The van der Waals surface area contributed by atoms with Gasteiger partial charge in [-0.05, 0) is 53.2 Å². The second-order valence-electron chi connectivity index (χ2n) is 11.7. The highest BCUT2D eigenvalue weighted by molar-refractivity contribution is 5.88. The van der Waals surface area contributed by atoms with Gasteiger partial charge in [-0.3, -0.25) is 14.5 Å². The van der Waals surface area contributed by atoms with Gasteiger partial charge in [0.2, 0.25) is 18.6 Å². The predicted molar refractivity (Wildman–Crippen MR) is 132 cm³/mol. The van der Waals surface area contributed by atoms with E-state index in [0.29, 0.717) is 26.2 Å². The molecular formula is C27H39N3O6. The largest absolute Gasteiger partial charge is 0.454 e. The molecule has 198 valence electrons. The zero-order valence-electron chi connectivity index (χ0n) is 21.5. The number of ether oxygens (including phenoxy) is 2. The molecule has 3 fully saturated rings. The lowest BCUT2D eigenvalue weighted by atomic mass is 9.70. The molecule has 2 heterocycles. The monoisotopic (exact) mass is 501 g/mol. The first-order chi connectivity index (χ1) is 17.1. The highest BCUT2D eigenvalue weighted by Crippen LogP contribution is 2.68. The van der Waals surface area contributed by atoms with Crippen LogP contribution < -0.4 is 14.8 Å². The van der Waals surface area contributed by atoms with Gasteiger partial charge in [-0.1, -0.05) is 26.8 Å². The van der Waals surface area contributed by atoms with Crippen molar-refractivity contribution in [3.8, 4) is 11.5 Å². The van der Waals surface area contributed by atoms with Crippen molar-refractivity contribution < 1.29 is 29.3 Å². The molecule has 5 rings (SSSR count). The van der Waals surface area contributed by atoms with E-state index in [9.17, 15) is 19.8 Å². The lowest BCUT2D eigenvalue weighted by Gasteiger charge is -2.37. The Labute approximate surface area is 212 Å². The molecule has 9 heteroatoms. The van der Waals surface area contributed by atoms with E-state index >= 15 is 0 Å². The fourth-order valence-corrected chi connectivity index (χ4v) is 7.08. The summed E-state index contributed by atoms with van der Waals surface area (Å²) in [5.41, 5.74) is 0.915. The quantitative estimate of drug-likeness (QED) is 0.517. The Morgan fingerprint density at radius 3 is 2.53 bits per heavy atom. The van der Waals surface area contributed by atoms with Gasteiger partial charge in [0.25, 0.3) is 0 Å². The van der Waals surface area contributed by atoms with Gasteiger partial charge in [-0.25, -0.2) is 0 Å². The minimum Gasteiger partial charge on any atom is -0.454 e. The lowest BCUT2D eigenvalue weighted by molar-refractivity contribution is -0.139. The molecule has 1 aromatic carbocycles. The Bertz CT molecular complexity index is 1010. The second kappa shape index (κ2) is 9.50. The van der Waals surface area contributed by atoms with Crippen LogP contribution in [-0.4, -0.2) is 83.6 Å². The Balaban J connectivity index is 1.11. The number of hydrogen-bond donors (Lipinski definition) is 3. The van der Waals surface area contributed by atoms with E-state index in [1.807, 2.05) is 18.2 Å². The number of hydrogen-bond acceptors (Lipinski definition) is 7. The van der Waals surface area contributed by atoms with Crippen molar-refractivity contribution in [2.24, 2.45) is 22.7 Å². The van der Waals surface area contributed by atoms with Crippen LogP contribution in [0.15, 0.2) is 18.2 Å². The summed E-state index contributed by atoms with van der Waals surface area (Å²) in [5.74, 6) is 1.16. The minimum absolute atomic E-state index is 0.0240. The van der Waals surface area contributed by atoms with Crippen LogP contribution in [0.1, 0.15) is 45.6 Å². The van der Waals surface area contributed by atoms with E-state index in [2.05, 4.69) is 31.0 Å². The van der Waals surface area contributed by atoms with Crippen LogP contribution in [0.5, 0.6) is 11.5 Å². The number of carbonyl (C=O) groups excluding carboxylic acids is 2. The fourth-order valence-electron chi connectivity index (χ4n) is 7.08. The van der Waals surface area contributed by atoms with E-state index in [1.165, 1.54) is 0 Å². The first-order valence-electron chi connectivity index (χ1n) is 13.1. The van der Waals surface area contributed by atoms with Crippen LogP contribution in [-0.2, 0) is 16.1 Å². The normalized spacial score (nSPS) is 31.5. The van der Waals surface area contributed by atoms with Gasteiger partial charge >= 0.3 is 0 Å². The second-order valence-corrected chi connectivity index (χ2v) is 11.7. The molecule has 1 saturated heterocycles. The zero-order chi connectivity index (χ0) is 25.7. The van der Waals surface area contributed by atoms with Crippen molar-refractivity contribution in [1.82, 2.24) is 15.1 Å². The van der Waals surface area contributed by atoms with Gasteiger partial charge in [-0.15, -0.1) is 0 Å². The van der Waals surface area contributed by atoms with Crippen LogP contribution in [0.3, 0.4) is 0 Å². The molecular weight excluding hydrogens is 462 g/mol. The zero-order valence-corrected chi connectivity index (χ0v) is 21.5. The summed E-state index contributed by atoms with van der Waals surface area (Å²) in [6, 6.07) is 4.98. The number of amides is 2. The van der Waals surface area contributed by atoms with Crippen molar-refractivity contribution >= 4 is 11.8 Å². The molecule has 0 spiro atoms. The molecule has 0 aromatic heterocycles. The molecule has 36 heavy (non-hydrogen) atoms. The Hall–Kier alpha value is -2.36. The van der Waals surface area contributed by atoms with Gasteiger partial charge in [0.15, 0.2) is 11.5 Å². The number of aliphatic hydroxyl groups is 2. The molecule has 2 bridgehead atoms. The maximum Gasteiger partial charge on any atom is 0.247 e. The molecule has 3 N–H and O–H groups in total. The van der Waals surface area contributed by atoms with E-state index in [1.54, 1.807) is 4.90 Å². The topological polar surface area (TPSA) is 112 Å². The van der Waals surface area contributed by atoms with Gasteiger partial charge in [0, 0.05) is 39.1 Å². The molecule has 2 aliphatic carbocycles. The summed E-state index contributed by atoms with van der Waals surface area (Å²) >= 11 is 0. The van der Waals surface area contributed by atoms with Crippen molar-refractivity contribution in [3.63, 3.8) is 0 Å². The smallest absolute Gasteiger partial charge is 0.247 e. The summed E-state index contributed by atoms with van der Waals surface area (Å²) in [5, 5.41) is 23.6. The van der Waals surface area contributed by atoms with Crippen LogP contribution in [0, 0.1) is 22.7 Å². The third-order valence-electron chi connectivity index (χ3n) is 9.71. The SMILES string of the molecule is CC1(C)C2CCC1(C)C(O)C2CC(=O)N[C@@H](CO)C(=O)N1CCN(Cc2ccc3c(c2)OCO3)CC1. The number of rotatable bonds is 7. The van der Waals surface area contributed by atoms with Crippen LogP contribution >= 0.6 is 0 Å². The van der Waals surface area contributed by atoms with Crippen LogP contribution in [0.25, 0.3) is 0 Å². The fraction of sp³-hybridized carbons (Fsp3) is 0.704. The minimum atomic E-state index is -0.961. The highest BCUT2D eigenvalue weighted by atomic mass is 16.7.